The lowest BCUT2D eigenvalue weighted by Gasteiger charge is -2.20. The predicted octanol–water partition coefficient (Wildman–Crippen LogP) is -1.74. The number of carboxylic acids is 1. The highest BCUT2D eigenvalue weighted by Gasteiger charge is 2.48. The van der Waals surface area contributed by atoms with Crippen molar-refractivity contribution < 1.29 is 15.0 Å². The Morgan fingerprint density at radius 3 is 1.82 bits per heavy atom. The quantitative estimate of drug-likeness (QED) is 0.651. The molecule has 9 heteroatoms. The molecule has 2 N–H and O–H groups in total. The van der Waals surface area contributed by atoms with Crippen LogP contribution >= 0.6 is 0 Å². The summed E-state index contributed by atoms with van der Waals surface area (Å²) < 4.78 is 2.34. The predicted molar refractivity (Wildman–Crippen MR) is 52.6 cm³/mol. The first-order valence-electron chi connectivity index (χ1n) is 4.62. The van der Waals surface area contributed by atoms with E-state index >= 15 is 0 Å². The van der Waals surface area contributed by atoms with Gasteiger partial charge in [-0.05, 0) is 0 Å². The molecular formula is C8H10N6O3. The van der Waals surface area contributed by atoms with Crippen LogP contribution in [0.4, 0.5) is 0 Å². The van der Waals surface area contributed by atoms with Gasteiger partial charge in [-0.3, -0.25) is 0 Å². The molecule has 0 spiro atoms. The minimum Gasteiger partial charge on any atom is -0.478 e. The fourth-order valence-electron chi connectivity index (χ4n) is 1.54. The van der Waals surface area contributed by atoms with Gasteiger partial charge in [-0.2, -0.15) is 10.2 Å². The van der Waals surface area contributed by atoms with Gasteiger partial charge >= 0.3 is 5.97 Å². The van der Waals surface area contributed by atoms with E-state index in [1.54, 1.807) is 0 Å². The van der Waals surface area contributed by atoms with E-state index < -0.39 is 11.6 Å². The van der Waals surface area contributed by atoms with Crippen molar-refractivity contribution in [1.82, 2.24) is 29.5 Å². The largest absolute Gasteiger partial charge is 0.478 e. The van der Waals surface area contributed by atoms with Crippen molar-refractivity contribution in [2.24, 2.45) is 14.1 Å². The smallest absolute Gasteiger partial charge is 0.352 e. The van der Waals surface area contributed by atoms with E-state index in [1.807, 2.05) is 0 Å². The highest BCUT2D eigenvalue weighted by atomic mass is 16.4. The molecule has 9 nitrogen and oxygen atoms in total. The van der Waals surface area contributed by atoms with Crippen molar-refractivity contribution in [3.8, 4) is 0 Å². The number of aliphatic hydroxyl groups is 1. The summed E-state index contributed by atoms with van der Waals surface area (Å²) in [6, 6.07) is 0. The van der Waals surface area contributed by atoms with E-state index in [0.29, 0.717) is 0 Å². The molecule has 0 bridgehead atoms. The summed E-state index contributed by atoms with van der Waals surface area (Å²) in [7, 11) is 2.96. The van der Waals surface area contributed by atoms with E-state index in [0.717, 1.165) is 12.7 Å². The molecule has 0 aliphatic heterocycles. The van der Waals surface area contributed by atoms with Crippen molar-refractivity contribution >= 4 is 5.97 Å². The van der Waals surface area contributed by atoms with Crippen LogP contribution in [0.5, 0.6) is 0 Å². The maximum atomic E-state index is 11.3. The molecule has 0 aromatic carbocycles. The summed E-state index contributed by atoms with van der Waals surface area (Å²) in [5, 5.41) is 27.0. The van der Waals surface area contributed by atoms with Gasteiger partial charge in [-0.1, -0.05) is 0 Å². The molecule has 0 unspecified atom stereocenters. The van der Waals surface area contributed by atoms with Crippen molar-refractivity contribution in [3.05, 3.63) is 24.3 Å². The van der Waals surface area contributed by atoms with Gasteiger partial charge in [0.15, 0.2) is 11.6 Å². The number of aromatic nitrogens is 6. The average molecular weight is 238 g/mol. The maximum absolute atomic E-state index is 11.3. The Bertz CT molecular complexity index is 519. The van der Waals surface area contributed by atoms with Crippen molar-refractivity contribution in [1.29, 1.82) is 0 Å². The molecule has 2 aromatic heterocycles. The third-order valence-corrected chi connectivity index (χ3v) is 2.38. The molecule has 0 aliphatic rings. The number of rotatable bonds is 3. The van der Waals surface area contributed by atoms with Crippen LogP contribution in [0.25, 0.3) is 0 Å². The highest BCUT2D eigenvalue weighted by Crippen LogP contribution is 2.25. The molecule has 17 heavy (non-hydrogen) atoms. The molecule has 2 heterocycles. The Morgan fingerprint density at radius 1 is 1.18 bits per heavy atom. The molecule has 0 atom stereocenters. The molecule has 0 amide bonds. The van der Waals surface area contributed by atoms with Crippen LogP contribution in [-0.4, -0.2) is 45.7 Å². The maximum Gasteiger partial charge on any atom is 0.352 e. The van der Waals surface area contributed by atoms with E-state index in [2.05, 4.69) is 20.2 Å². The van der Waals surface area contributed by atoms with Crippen LogP contribution < -0.4 is 0 Å². The van der Waals surface area contributed by atoms with Gasteiger partial charge in [-0.25, -0.2) is 24.1 Å². The molecular weight excluding hydrogens is 228 g/mol. The molecule has 0 saturated carbocycles. The first kappa shape index (κ1) is 11.2. The number of aliphatic carboxylic acids is 1. The molecule has 2 aromatic rings. The molecule has 0 aliphatic carbocycles. The van der Waals surface area contributed by atoms with Gasteiger partial charge in [0.05, 0.1) is 0 Å². The summed E-state index contributed by atoms with van der Waals surface area (Å²) >= 11 is 0. The molecule has 0 fully saturated rings. The zero-order chi connectivity index (χ0) is 12.6. The monoisotopic (exact) mass is 238 g/mol. The number of carboxylic acid groups (broad SMARTS) is 1. The van der Waals surface area contributed by atoms with Crippen molar-refractivity contribution in [3.63, 3.8) is 0 Å². The Kier molecular flexibility index (Phi) is 2.39. The van der Waals surface area contributed by atoms with E-state index in [1.165, 1.54) is 23.5 Å². The second-order valence-corrected chi connectivity index (χ2v) is 3.43. The number of aryl methyl sites for hydroxylation is 2. The van der Waals surface area contributed by atoms with Gasteiger partial charge in [0.2, 0.25) is 0 Å². The lowest BCUT2D eigenvalue weighted by atomic mass is 10.0. The van der Waals surface area contributed by atoms with Crippen molar-refractivity contribution in [2.45, 2.75) is 5.60 Å². The number of carbonyl (C=O) groups is 1. The van der Waals surface area contributed by atoms with Crippen LogP contribution in [-0.2, 0) is 24.5 Å². The fourth-order valence-corrected chi connectivity index (χ4v) is 1.54. The summed E-state index contributed by atoms with van der Waals surface area (Å²) in [4.78, 5) is 18.8. The lowest BCUT2D eigenvalue weighted by molar-refractivity contribution is -0.157. The zero-order valence-corrected chi connectivity index (χ0v) is 9.14. The van der Waals surface area contributed by atoms with E-state index in [9.17, 15) is 15.0 Å². The fraction of sp³-hybridized carbons (Fsp3) is 0.375. The Hall–Kier alpha value is -2.29. The van der Waals surface area contributed by atoms with E-state index in [4.69, 9.17) is 0 Å². The van der Waals surface area contributed by atoms with Crippen LogP contribution in [0.1, 0.15) is 11.6 Å². The number of nitrogens with zero attached hydrogens (tertiary/aromatic N) is 6. The summed E-state index contributed by atoms with van der Waals surface area (Å²) in [5.74, 6) is -1.77. The molecule has 0 radical (unpaired) electrons. The first-order valence-corrected chi connectivity index (χ1v) is 4.62. The van der Waals surface area contributed by atoms with Gasteiger partial charge < -0.3 is 10.2 Å². The molecule has 2 rings (SSSR count). The third kappa shape index (κ3) is 1.47. The number of hydrogen-bond acceptors (Lipinski definition) is 6. The van der Waals surface area contributed by atoms with Crippen LogP contribution in [0, 0.1) is 0 Å². The second-order valence-electron chi connectivity index (χ2n) is 3.43. The minimum absolute atomic E-state index is 0.138. The van der Waals surface area contributed by atoms with E-state index in [-0.39, 0.29) is 11.6 Å². The topological polar surface area (TPSA) is 119 Å². The molecule has 90 valence electrons. The highest BCUT2D eigenvalue weighted by molar-refractivity contribution is 5.81. The lowest BCUT2D eigenvalue weighted by Crippen LogP contribution is -2.42. The summed E-state index contributed by atoms with van der Waals surface area (Å²) in [5.41, 5.74) is -2.38. The van der Waals surface area contributed by atoms with Crippen LogP contribution in [0.15, 0.2) is 12.7 Å². The van der Waals surface area contributed by atoms with Gasteiger partial charge in [-0.15, -0.1) is 0 Å². The van der Waals surface area contributed by atoms with Gasteiger partial charge in [0.1, 0.15) is 12.7 Å². The summed E-state index contributed by atoms with van der Waals surface area (Å²) in [6.07, 6.45) is 2.30. The van der Waals surface area contributed by atoms with Crippen LogP contribution in [0.3, 0.4) is 0 Å². The standard InChI is InChI=1S/C8H10N6O3/c1-13-5(9-3-11-13)8(17,7(15)16)6-10-4-12-14(6)2/h3-4,17H,1-2H3,(H,15,16). The second kappa shape index (κ2) is 3.63. The minimum atomic E-state index is -2.38. The normalized spacial score (nSPS) is 11.7. The van der Waals surface area contributed by atoms with Crippen molar-refractivity contribution in [2.75, 3.05) is 0 Å². The van der Waals surface area contributed by atoms with Gasteiger partial charge in [0, 0.05) is 14.1 Å². The Morgan fingerprint density at radius 2 is 1.59 bits per heavy atom. The SMILES string of the molecule is Cn1ncnc1C(O)(C(=O)O)c1ncnn1C. The Labute approximate surface area is 95.4 Å². The third-order valence-electron chi connectivity index (χ3n) is 2.38. The Balaban J connectivity index is 2.67. The first-order chi connectivity index (χ1) is 7.98. The zero-order valence-electron chi connectivity index (χ0n) is 9.14. The average Bonchev–Trinajstić information content (AvgIpc) is 2.86. The van der Waals surface area contributed by atoms with Gasteiger partial charge in [0.25, 0.3) is 5.60 Å². The summed E-state index contributed by atoms with van der Waals surface area (Å²) in [6.45, 7) is 0. The molecule has 0 saturated heterocycles. The number of hydrogen-bond donors (Lipinski definition) is 2. The van der Waals surface area contributed by atoms with Crippen LogP contribution in [0.2, 0.25) is 0 Å².